The molecule has 184 valence electrons. The van der Waals surface area contributed by atoms with Crippen molar-refractivity contribution in [2.75, 3.05) is 6.61 Å². The Bertz CT molecular complexity index is 1540. The second-order valence-electron chi connectivity index (χ2n) is 8.99. The first-order valence-corrected chi connectivity index (χ1v) is 11.9. The van der Waals surface area contributed by atoms with Crippen LogP contribution in [0.2, 0.25) is 0 Å². The van der Waals surface area contributed by atoms with Crippen molar-refractivity contribution in [2.45, 2.75) is 32.1 Å². The Labute approximate surface area is 213 Å². The number of rotatable bonds is 5. The normalized spacial score (nSPS) is 20.2. The summed E-state index contributed by atoms with van der Waals surface area (Å²) in [6, 6.07) is 19.0. The molecule has 1 saturated heterocycles. The van der Waals surface area contributed by atoms with Gasteiger partial charge < -0.3 is 18.9 Å². The molecule has 0 radical (unpaired) electrons. The molecule has 5 rings (SSSR count). The van der Waals surface area contributed by atoms with Gasteiger partial charge in [-0.05, 0) is 48.4 Å². The Hall–Kier alpha value is -3.52. The van der Waals surface area contributed by atoms with Crippen molar-refractivity contribution in [3.63, 3.8) is 0 Å². The summed E-state index contributed by atoms with van der Waals surface area (Å²) in [5, 5.41) is 4.71. The first kappa shape index (κ1) is 24.2. The Morgan fingerprint density at radius 3 is 2.14 bits per heavy atom. The van der Waals surface area contributed by atoms with Crippen molar-refractivity contribution in [1.29, 1.82) is 0 Å². The molecule has 0 aliphatic carbocycles. The molecule has 0 spiro atoms. The van der Waals surface area contributed by atoms with Gasteiger partial charge in [-0.15, -0.1) is 0 Å². The number of carbonyl (C=O) groups excluding carboxylic acids is 2. The summed E-state index contributed by atoms with van der Waals surface area (Å²) in [6.07, 6.45) is -0.272. The van der Waals surface area contributed by atoms with Gasteiger partial charge >= 0.3 is 5.97 Å². The van der Waals surface area contributed by atoms with Gasteiger partial charge in [0.2, 0.25) is 5.25 Å². The zero-order chi connectivity index (χ0) is 25.6. The Balaban J connectivity index is 1.48. The number of ketones is 1. The van der Waals surface area contributed by atoms with Crippen LogP contribution in [0.3, 0.4) is 0 Å². The zero-order valence-electron chi connectivity index (χ0n) is 20.4. The molecule has 1 fully saturated rings. The predicted molar refractivity (Wildman–Crippen MR) is 138 cm³/mol. The molecule has 2 atom stereocenters. The minimum absolute atomic E-state index is 0.0741. The maximum absolute atomic E-state index is 13.3. The number of carbonyl (C=O) groups is 2. The molecule has 0 N–H and O–H groups in total. The molecule has 2 heterocycles. The number of hydrogen-bond acceptors (Lipinski definition) is 6. The molecule has 4 aromatic rings. The predicted octanol–water partition coefficient (Wildman–Crippen LogP) is 5.85. The SMILES string of the molecule is CC(=O)ON=C(C)c1ccc2c(c1)c1cc(C(=O)c3ccc(C4COC(C)(Cl)O4)cc3)ccc1n2C. The van der Waals surface area contributed by atoms with Crippen LogP contribution in [-0.2, 0) is 26.2 Å². The van der Waals surface area contributed by atoms with Crippen LogP contribution < -0.4 is 0 Å². The number of ether oxygens (including phenoxy) is 2. The lowest BCUT2D eigenvalue weighted by Crippen LogP contribution is -2.15. The van der Waals surface area contributed by atoms with Crippen LogP contribution in [0.25, 0.3) is 21.8 Å². The summed E-state index contributed by atoms with van der Waals surface area (Å²) in [5.41, 5.74) is 5.51. The highest BCUT2D eigenvalue weighted by Crippen LogP contribution is 2.36. The van der Waals surface area contributed by atoms with E-state index in [4.69, 9.17) is 25.9 Å². The molecule has 7 nitrogen and oxygen atoms in total. The highest BCUT2D eigenvalue weighted by Gasteiger charge is 2.36. The molecule has 1 aliphatic heterocycles. The third-order valence-corrected chi connectivity index (χ3v) is 6.59. The molecular formula is C28H25ClN2O5. The van der Waals surface area contributed by atoms with E-state index in [2.05, 4.69) is 9.72 Å². The first-order valence-electron chi connectivity index (χ1n) is 11.5. The van der Waals surface area contributed by atoms with Crippen molar-refractivity contribution in [2.24, 2.45) is 12.2 Å². The number of aryl methyl sites for hydroxylation is 1. The quantitative estimate of drug-likeness (QED) is 0.112. The summed E-state index contributed by atoms with van der Waals surface area (Å²) < 4.78 is 13.2. The maximum Gasteiger partial charge on any atom is 0.331 e. The van der Waals surface area contributed by atoms with Crippen LogP contribution >= 0.6 is 11.6 Å². The van der Waals surface area contributed by atoms with Crippen molar-refractivity contribution in [1.82, 2.24) is 4.57 Å². The van der Waals surface area contributed by atoms with E-state index in [0.717, 1.165) is 32.9 Å². The summed E-state index contributed by atoms with van der Waals surface area (Å²) in [6.45, 7) is 5.11. The number of nitrogens with zero attached hydrogens (tertiary/aromatic N) is 2. The van der Waals surface area contributed by atoms with Crippen LogP contribution in [-0.4, -0.2) is 33.9 Å². The molecule has 3 aromatic carbocycles. The number of aromatic nitrogens is 1. The van der Waals surface area contributed by atoms with Crippen LogP contribution in [0.4, 0.5) is 0 Å². The van der Waals surface area contributed by atoms with E-state index in [1.54, 1.807) is 26.0 Å². The van der Waals surface area contributed by atoms with E-state index in [0.29, 0.717) is 23.4 Å². The third kappa shape index (κ3) is 4.53. The number of alkyl halides is 1. The van der Waals surface area contributed by atoms with Crippen LogP contribution in [0.15, 0.2) is 65.8 Å². The van der Waals surface area contributed by atoms with Crippen LogP contribution in [0.1, 0.15) is 53.9 Å². The number of fused-ring (bicyclic) bond motifs is 3. The third-order valence-electron chi connectivity index (χ3n) is 6.39. The van der Waals surface area contributed by atoms with Crippen molar-refractivity contribution in [3.8, 4) is 0 Å². The fourth-order valence-electron chi connectivity index (χ4n) is 4.50. The fourth-order valence-corrected chi connectivity index (χ4v) is 4.67. The second-order valence-corrected chi connectivity index (χ2v) is 9.67. The fraction of sp³-hybridized carbons (Fsp3) is 0.250. The maximum atomic E-state index is 13.3. The smallest absolute Gasteiger partial charge is 0.331 e. The average Bonchev–Trinajstić information content (AvgIpc) is 3.38. The highest BCUT2D eigenvalue weighted by molar-refractivity contribution is 6.21. The van der Waals surface area contributed by atoms with Gasteiger partial charge in [-0.25, -0.2) is 4.79 Å². The lowest BCUT2D eigenvalue weighted by molar-refractivity contribution is -0.140. The molecular weight excluding hydrogens is 480 g/mol. The topological polar surface area (TPSA) is 79.1 Å². The molecule has 2 unspecified atom stereocenters. The van der Waals surface area contributed by atoms with Crippen molar-refractivity contribution >= 4 is 50.9 Å². The Morgan fingerprint density at radius 1 is 0.972 bits per heavy atom. The van der Waals surface area contributed by atoms with Crippen molar-refractivity contribution < 1.29 is 23.9 Å². The minimum atomic E-state index is -1.13. The number of benzene rings is 3. The molecule has 0 bridgehead atoms. The minimum Gasteiger partial charge on any atom is -0.344 e. The number of hydrogen-bond donors (Lipinski definition) is 0. The summed E-state index contributed by atoms with van der Waals surface area (Å²) in [7, 11) is 1.99. The molecule has 1 aliphatic rings. The van der Waals surface area contributed by atoms with E-state index in [1.807, 2.05) is 55.6 Å². The van der Waals surface area contributed by atoms with Gasteiger partial charge in [-0.3, -0.25) is 4.79 Å². The van der Waals surface area contributed by atoms with Gasteiger partial charge in [0, 0.05) is 53.8 Å². The van der Waals surface area contributed by atoms with E-state index in [-0.39, 0.29) is 11.9 Å². The Morgan fingerprint density at radius 2 is 1.56 bits per heavy atom. The monoisotopic (exact) mass is 504 g/mol. The van der Waals surface area contributed by atoms with Gasteiger partial charge in [0.15, 0.2) is 5.78 Å². The standard InChI is InChI=1S/C28H25ClN2O5/c1-16(30-36-17(2)32)20-9-11-24-22(13-20)23-14-21(10-12-25(23)31(24)4)27(33)19-7-5-18(6-8-19)26-15-34-28(3,29)35-26/h5-14,26H,15H2,1-4H3. The molecule has 8 heteroatoms. The lowest BCUT2D eigenvalue weighted by Gasteiger charge is -2.14. The van der Waals surface area contributed by atoms with Gasteiger partial charge in [0.1, 0.15) is 6.10 Å². The van der Waals surface area contributed by atoms with Crippen LogP contribution in [0.5, 0.6) is 0 Å². The number of halogens is 1. The summed E-state index contributed by atoms with van der Waals surface area (Å²) in [5.74, 6) is -0.548. The highest BCUT2D eigenvalue weighted by atomic mass is 35.5. The van der Waals surface area contributed by atoms with Crippen molar-refractivity contribution in [3.05, 3.63) is 82.9 Å². The van der Waals surface area contributed by atoms with E-state index in [9.17, 15) is 9.59 Å². The number of oxime groups is 1. The van der Waals surface area contributed by atoms with Gasteiger partial charge in [-0.2, -0.15) is 0 Å². The van der Waals surface area contributed by atoms with Crippen LogP contribution in [0, 0.1) is 0 Å². The van der Waals surface area contributed by atoms with E-state index < -0.39 is 11.2 Å². The first-order chi connectivity index (χ1) is 17.1. The summed E-state index contributed by atoms with van der Waals surface area (Å²) >= 11 is 6.09. The van der Waals surface area contributed by atoms with E-state index in [1.165, 1.54) is 6.92 Å². The lowest BCUT2D eigenvalue weighted by atomic mass is 9.98. The Kier molecular flexibility index (Phi) is 6.16. The molecule has 0 saturated carbocycles. The average molecular weight is 505 g/mol. The van der Waals surface area contributed by atoms with Gasteiger partial charge in [0.05, 0.1) is 12.3 Å². The largest absolute Gasteiger partial charge is 0.344 e. The molecule has 0 amide bonds. The molecule has 1 aromatic heterocycles. The molecule has 36 heavy (non-hydrogen) atoms. The van der Waals surface area contributed by atoms with Gasteiger partial charge in [-0.1, -0.05) is 47.1 Å². The summed E-state index contributed by atoms with van der Waals surface area (Å²) in [4.78, 5) is 29.3. The zero-order valence-corrected chi connectivity index (χ0v) is 21.1. The van der Waals surface area contributed by atoms with E-state index >= 15 is 0 Å². The van der Waals surface area contributed by atoms with Gasteiger partial charge in [0.25, 0.3) is 0 Å². The second kappa shape index (κ2) is 9.17.